The predicted molar refractivity (Wildman–Crippen MR) is 61.7 cm³/mol. The van der Waals surface area contributed by atoms with Crippen molar-refractivity contribution >= 4 is 12.1 Å². The van der Waals surface area contributed by atoms with E-state index in [1.54, 1.807) is 20.8 Å². The van der Waals surface area contributed by atoms with Crippen molar-refractivity contribution in [3.63, 3.8) is 0 Å². The third kappa shape index (κ3) is 9.62. The molecular formula is C11H21NO5. The van der Waals surface area contributed by atoms with E-state index in [9.17, 15) is 9.59 Å². The van der Waals surface area contributed by atoms with E-state index < -0.39 is 17.7 Å². The number of carbonyl (C=O) groups is 2. The topological polar surface area (TPSA) is 95.9 Å². The van der Waals surface area contributed by atoms with E-state index in [0.29, 0.717) is 6.42 Å². The molecule has 0 rings (SSSR count). The van der Waals surface area contributed by atoms with Gasteiger partial charge in [-0.2, -0.15) is 0 Å². The van der Waals surface area contributed by atoms with Gasteiger partial charge in [0.15, 0.2) is 0 Å². The van der Waals surface area contributed by atoms with Crippen molar-refractivity contribution in [1.29, 1.82) is 0 Å². The third-order valence-corrected chi connectivity index (χ3v) is 1.91. The molecule has 6 heteroatoms. The number of carboxylic acid groups (broad SMARTS) is 1. The van der Waals surface area contributed by atoms with Crippen LogP contribution in [0.3, 0.4) is 0 Å². The molecule has 0 saturated carbocycles. The van der Waals surface area contributed by atoms with Gasteiger partial charge in [-0.1, -0.05) is 0 Å². The van der Waals surface area contributed by atoms with Crippen molar-refractivity contribution in [2.45, 2.75) is 51.7 Å². The summed E-state index contributed by atoms with van der Waals surface area (Å²) in [5, 5.41) is 19.9. The Morgan fingerprint density at radius 2 is 1.88 bits per heavy atom. The van der Waals surface area contributed by atoms with Crippen LogP contribution in [0.2, 0.25) is 0 Å². The van der Waals surface area contributed by atoms with Gasteiger partial charge in [0, 0.05) is 19.1 Å². The van der Waals surface area contributed by atoms with Crippen LogP contribution in [-0.4, -0.2) is 40.5 Å². The molecule has 0 aromatic carbocycles. The summed E-state index contributed by atoms with van der Waals surface area (Å²) in [6.07, 6.45) is -0.0661. The molecule has 0 aliphatic heterocycles. The monoisotopic (exact) mass is 247 g/mol. The summed E-state index contributed by atoms with van der Waals surface area (Å²) < 4.78 is 5.04. The van der Waals surface area contributed by atoms with Gasteiger partial charge in [-0.3, -0.25) is 4.79 Å². The number of amides is 1. The van der Waals surface area contributed by atoms with Gasteiger partial charge in [-0.25, -0.2) is 4.79 Å². The molecule has 17 heavy (non-hydrogen) atoms. The minimum Gasteiger partial charge on any atom is -0.481 e. The Bertz CT molecular complexity index is 259. The summed E-state index contributed by atoms with van der Waals surface area (Å²) in [4.78, 5) is 21.8. The second-order valence-corrected chi connectivity index (χ2v) is 4.79. The Labute approximate surface area is 101 Å². The van der Waals surface area contributed by atoms with Gasteiger partial charge in [0.2, 0.25) is 0 Å². The van der Waals surface area contributed by atoms with E-state index in [2.05, 4.69) is 5.32 Å². The molecule has 0 unspecified atom stereocenters. The standard InChI is InChI=1S/C11H21NO5/c1-11(2,3)17-10(16)12-8(6-7-13)4-5-9(14)15/h8,13H,4-7H2,1-3H3,(H,12,16)(H,14,15)/t8-/m1/s1. The lowest BCUT2D eigenvalue weighted by molar-refractivity contribution is -0.137. The van der Waals surface area contributed by atoms with E-state index in [1.807, 2.05) is 0 Å². The average Bonchev–Trinajstić information content (AvgIpc) is 2.11. The van der Waals surface area contributed by atoms with Crippen LogP contribution in [0.25, 0.3) is 0 Å². The van der Waals surface area contributed by atoms with Gasteiger partial charge >= 0.3 is 12.1 Å². The summed E-state index contributed by atoms with van der Waals surface area (Å²) in [7, 11) is 0. The first-order valence-corrected chi connectivity index (χ1v) is 5.57. The highest BCUT2D eigenvalue weighted by atomic mass is 16.6. The lowest BCUT2D eigenvalue weighted by Gasteiger charge is -2.23. The second-order valence-electron chi connectivity index (χ2n) is 4.79. The number of aliphatic hydroxyl groups excluding tert-OH is 1. The van der Waals surface area contributed by atoms with E-state index >= 15 is 0 Å². The molecule has 6 nitrogen and oxygen atoms in total. The van der Waals surface area contributed by atoms with Crippen LogP contribution in [0, 0.1) is 0 Å². The van der Waals surface area contributed by atoms with Crippen LogP contribution < -0.4 is 5.32 Å². The Kier molecular flexibility index (Phi) is 6.57. The van der Waals surface area contributed by atoms with Crippen molar-refractivity contribution in [2.24, 2.45) is 0 Å². The molecule has 0 fully saturated rings. The summed E-state index contributed by atoms with van der Waals surface area (Å²) >= 11 is 0. The molecule has 0 radical (unpaired) electrons. The lowest BCUT2D eigenvalue weighted by Crippen LogP contribution is -2.39. The molecular weight excluding hydrogens is 226 g/mol. The van der Waals surface area contributed by atoms with Crippen LogP contribution in [-0.2, 0) is 9.53 Å². The molecule has 0 aromatic rings. The Morgan fingerprint density at radius 3 is 2.29 bits per heavy atom. The number of alkyl carbamates (subject to hydrolysis) is 1. The smallest absolute Gasteiger partial charge is 0.407 e. The summed E-state index contributed by atoms with van der Waals surface area (Å²) in [6, 6.07) is -0.383. The zero-order valence-corrected chi connectivity index (χ0v) is 10.5. The summed E-state index contributed by atoms with van der Waals surface area (Å²) in [5.74, 6) is -0.932. The highest BCUT2D eigenvalue weighted by Gasteiger charge is 2.19. The summed E-state index contributed by atoms with van der Waals surface area (Å²) in [6.45, 7) is 5.11. The Morgan fingerprint density at radius 1 is 1.29 bits per heavy atom. The fraction of sp³-hybridized carbons (Fsp3) is 0.818. The molecule has 100 valence electrons. The quantitative estimate of drug-likeness (QED) is 0.653. The van der Waals surface area contributed by atoms with Gasteiger partial charge in [0.25, 0.3) is 0 Å². The van der Waals surface area contributed by atoms with E-state index in [1.165, 1.54) is 0 Å². The third-order valence-electron chi connectivity index (χ3n) is 1.91. The zero-order valence-electron chi connectivity index (χ0n) is 10.5. The van der Waals surface area contributed by atoms with E-state index in [-0.39, 0.29) is 25.5 Å². The fourth-order valence-electron chi connectivity index (χ4n) is 1.22. The fourth-order valence-corrected chi connectivity index (χ4v) is 1.22. The Balaban J connectivity index is 4.14. The first-order valence-electron chi connectivity index (χ1n) is 5.57. The highest BCUT2D eigenvalue weighted by Crippen LogP contribution is 2.08. The molecule has 0 aromatic heterocycles. The van der Waals surface area contributed by atoms with Crippen molar-refractivity contribution in [2.75, 3.05) is 6.61 Å². The number of carbonyl (C=O) groups excluding carboxylic acids is 1. The van der Waals surface area contributed by atoms with Crippen LogP contribution in [0.1, 0.15) is 40.0 Å². The minimum absolute atomic E-state index is 0.0551. The van der Waals surface area contributed by atoms with Crippen LogP contribution >= 0.6 is 0 Å². The van der Waals surface area contributed by atoms with Crippen molar-refractivity contribution in [1.82, 2.24) is 5.32 Å². The maximum absolute atomic E-state index is 11.4. The van der Waals surface area contributed by atoms with Gasteiger partial charge in [0.1, 0.15) is 5.60 Å². The SMILES string of the molecule is CC(C)(C)OC(=O)N[C@@H](CCO)CCC(=O)O. The van der Waals surface area contributed by atoms with Crippen molar-refractivity contribution in [3.8, 4) is 0 Å². The number of carboxylic acids is 1. The molecule has 3 N–H and O–H groups in total. The van der Waals surface area contributed by atoms with Crippen molar-refractivity contribution < 1.29 is 24.5 Å². The van der Waals surface area contributed by atoms with Gasteiger partial charge in [-0.15, -0.1) is 0 Å². The Hall–Kier alpha value is -1.30. The lowest BCUT2D eigenvalue weighted by atomic mass is 10.1. The van der Waals surface area contributed by atoms with Gasteiger partial charge in [-0.05, 0) is 33.6 Å². The van der Waals surface area contributed by atoms with Crippen LogP contribution in [0.5, 0.6) is 0 Å². The van der Waals surface area contributed by atoms with Gasteiger partial charge in [0.05, 0.1) is 0 Å². The van der Waals surface area contributed by atoms with Gasteiger partial charge < -0.3 is 20.3 Å². The zero-order chi connectivity index (χ0) is 13.5. The summed E-state index contributed by atoms with van der Waals surface area (Å²) in [5.41, 5.74) is -0.597. The molecule has 1 amide bonds. The highest BCUT2D eigenvalue weighted by molar-refractivity contribution is 5.69. The molecule has 1 atom stereocenters. The predicted octanol–water partition coefficient (Wildman–Crippen LogP) is 1.13. The number of hydrogen-bond donors (Lipinski definition) is 3. The van der Waals surface area contributed by atoms with E-state index in [4.69, 9.17) is 14.9 Å². The number of hydrogen-bond acceptors (Lipinski definition) is 4. The van der Waals surface area contributed by atoms with Crippen LogP contribution in [0.4, 0.5) is 4.79 Å². The number of aliphatic carboxylic acids is 1. The maximum atomic E-state index is 11.4. The normalized spacial score (nSPS) is 12.9. The average molecular weight is 247 g/mol. The van der Waals surface area contributed by atoms with Crippen molar-refractivity contribution in [3.05, 3.63) is 0 Å². The molecule has 0 aliphatic carbocycles. The number of nitrogens with one attached hydrogen (secondary N) is 1. The van der Waals surface area contributed by atoms with Crippen LogP contribution in [0.15, 0.2) is 0 Å². The molecule has 0 saturated heterocycles. The number of ether oxygens (including phenoxy) is 1. The molecule has 0 heterocycles. The number of aliphatic hydroxyl groups is 1. The molecule has 0 bridgehead atoms. The number of rotatable bonds is 6. The first kappa shape index (κ1) is 15.7. The van der Waals surface area contributed by atoms with E-state index in [0.717, 1.165) is 0 Å². The minimum atomic E-state index is -0.932. The first-order chi connectivity index (χ1) is 7.74. The second kappa shape index (κ2) is 7.11. The maximum Gasteiger partial charge on any atom is 0.407 e. The largest absolute Gasteiger partial charge is 0.481 e. The molecule has 0 aliphatic rings. The molecule has 0 spiro atoms.